The van der Waals surface area contributed by atoms with E-state index in [2.05, 4.69) is 53.2 Å². The van der Waals surface area contributed by atoms with Crippen LogP contribution in [0.5, 0.6) is 0 Å². The molecule has 0 spiro atoms. The lowest BCUT2D eigenvalue weighted by molar-refractivity contribution is 0.370. The van der Waals surface area contributed by atoms with Crippen molar-refractivity contribution in [2.45, 2.75) is 33.7 Å². The summed E-state index contributed by atoms with van der Waals surface area (Å²) >= 11 is 0. The highest BCUT2D eigenvalue weighted by molar-refractivity contribution is 5.80. The van der Waals surface area contributed by atoms with Crippen molar-refractivity contribution in [2.75, 3.05) is 19.6 Å². The molecule has 2 aromatic rings. The molecule has 128 valence electrons. The molecule has 0 aliphatic carbocycles. The third-order valence-electron chi connectivity index (χ3n) is 4.34. The van der Waals surface area contributed by atoms with Crippen molar-refractivity contribution in [3.05, 3.63) is 42.5 Å². The van der Waals surface area contributed by atoms with Crippen LogP contribution >= 0.6 is 0 Å². The molecule has 1 N–H and O–H groups in total. The Bertz CT molecular complexity index is 672. The van der Waals surface area contributed by atoms with E-state index in [-0.39, 0.29) is 0 Å². The van der Waals surface area contributed by atoms with Crippen molar-refractivity contribution in [3.8, 4) is 5.69 Å². The Hall–Kier alpha value is -2.37. The molecule has 0 amide bonds. The predicted molar refractivity (Wildman–Crippen MR) is 96.1 cm³/mol. The summed E-state index contributed by atoms with van der Waals surface area (Å²) in [5.74, 6) is 1.02. The van der Waals surface area contributed by atoms with Gasteiger partial charge in [0.25, 0.3) is 0 Å². The average molecular weight is 326 g/mol. The fourth-order valence-corrected chi connectivity index (χ4v) is 2.98. The lowest BCUT2D eigenvalue weighted by Gasteiger charge is -2.23. The lowest BCUT2D eigenvalue weighted by Crippen LogP contribution is -2.40. The van der Waals surface area contributed by atoms with Crippen LogP contribution in [0, 0.1) is 5.41 Å². The molecule has 0 radical (unpaired) electrons. The standard InChI is InChI=1S/C18H26N6/c1-4-20-17(23-10-9-18(2,3)12-23)21-11-15-5-7-16(8-6-15)24-14-19-13-22-24/h5-8,13-14H,4,9-12H2,1-3H3,(H,20,21). The Morgan fingerprint density at radius 2 is 2.08 bits per heavy atom. The van der Waals surface area contributed by atoms with E-state index in [1.807, 2.05) is 12.1 Å². The van der Waals surface area contributed by atoms with Gasteiger partial charge in [-0.1, -0.05) is 26.0 Å². The molecule has 1 aliphatic rings. The van der Waals surface area contributed by atoms with Gasteiger partial charge in [-0.25, -0.2) is 14.7 Å². The summed E-state index contributed by atoms with van der Waals surface area (Å²) in [7, 11) is 0. The van der Waals surface area contributed by atoms with E-state index in [0.717, 1.165) is 31.3 Å². The molecular formula is C18H26N6. The Kier molecular flexibility index (Phi) is 4.83. The minimum Gasteiger partial charge on any atom is -0.357 e. The van der Waals surface area contributed by atoms with Crippen LogP contribution in [0.15, 0.2) is 41.9 Å². The zero-order chi connectivity index (χ0) is 17.0. The minimum absolute atomic E-state index is 0.371. The van der Waals surface area contributed by atoms with E-state index in [1.54, 1.807) is 17.3 Å². The first-order valence-electron chi connectivity index (χ1n) is 8.54. The van der Waals surface area contributed by atoms with Crippen LogP contribution < -0.4 is 5.32 Å². The van der Waals surface area contributed by atoms with Gasteiger partial charge in [-0.2, -0.15) is 5.10 Å². The maximum absolute atomic E-state index is 4.82. The second-order valence-electron chi connectivity index (χ2n) is 7.01. The van der Waals surface area contributed by atoms with Gasteiger partial charge in [0.1, 0.15) is 12.7 Å². The third kappa shape index (κ3) is 3.93. The second-order valence-corrected chi connectivity index (χ2v) is 7.01. The SMILES string of the molecule is CCNC(=NCc1ccc(-n2cncn2)cc1)N1CCC(C)(C)C1. The number of hydrogen-bond acceptors (Lipinski definition) is 3. The summed E-state index contributed by atoms with van der Waals surface area (Å²) in [6.45, 7) is 10.5. The Morgan fingerprint density at radius 3 is 2.67 bits per heavy atom. The summed E-state index contributed by atoms with van der Waals surface area (Å²) in [5.41, 5.74) is 2.57. The maximum Gasteiger partial charge on any atom is 0.194 e. The molecule has 2 heterocycles. The van der Waals surface area contributed by atoms with Crippen LogP contribution in [-0.4, -0.2) is 45.3 Å². The first-order valence-corrected chi connectivity index (χ1v) is 8.54. The monoisotopic (exact) mass is 326 g/mol. The Labute approximate surface area is 143 Å². The summed E-state index contributed by atoms with van der Waals surface area (Å²) in [4.78, 5) is 11.2. The summed E-state index contributed by atoms with van der Waals surface area (Å²) in [5, 5.41) is 7.56. The van der Waals surface area contributed by atoms with Gasteiger partial charge in [0, 0.05) is 19.6 Å². The van der Waals surface area contributed by atoms with Gasteiger partial charge in [0.2, 0.25) is 0 Å². The number of aliphatic imine (C=N–C) groups is 1. The molecule has 0 bridgehead atoms. The fraction of sp³-hybridized carbons (Fsp3) is 0.500. The van der Waals surface area contributed by atoms with Crippen LogP contribution in [0.1, 0.15) is 32.8 Å². The number of benzene rings is 1. The number of hydrogen-bond donors (Lipinski definition) is 1. The predicted octanol–water partition coefficient (Wildman–Crippen LogP) is 2.46. The normalized spacial score (nSPS) is 17.3. The second kappa shape index (κ2) is 7.03. The molecule has 1 aliphatic heterocycles. The molecule has 1 aromatic heterocycles. The minimum atomic E-state index is 0.371. The van der Waals surface area contributed by atoms with E-state index in [4.69, 9.17) is 4.99 Å². The van der Waals surface area contributed by atoms with Crippen molar-refractivity contribution in [1.82, 2.24) is 25.0 Å². The molecule has 6 nitrogen and oxygen atoms in total. The lowest BCUT2D eigenvalue weighted by atomic mass is 9.93. The van der Waals surface area contributed by atoms with Crippen molar-refractivity contribution in [1.29, 1.82) is 0 Å². The van der Waals surface area contributed by atoms with Gasteiger partial charge < -0.3 is 10.2 Å². The molecule has 0 atom stereocenters. The molecule has 6 heteroatoms. The van der Waals surface area contributed by atoms with E-state index < -0.39 is 0 Å². The van der Waals surface area contributed by atoms with Crippen LogP contribution in [-0.2, 0) is 6.54 Å². The van der Waals surface area contributed by atoms with E-state index in [1.165, 1.54) is 12.0 Å². The fourth-order valence-electron chi connectivity index (χ4n) is 2.98. The van der Waals surface area contributed by atoms with Crippen molar-refractivity contribution in [2.24, 2.45) is 10.4 Å². The molecule has 0 saturated carbocycles. The van der Waals surface area contributed by atoms with Crippen LogP contribution in [0.4, 0.5) is 0 Å². The quantitative estimate of drug-likeness (QED) is 0.693. The first kappa shape index (κ1) is 16.5. The van der Waals surface area contributed by atoms with E-state index >= 15 is 0 Å². The van der Waals surface area contributed by atoms with Gasteiger partial charge in [-0.05, 0) is 36.5 Å². The average Bonchev–Trinajstić information content (AvgIpc) is 3.21. The first-order chi connectivity index (χ1) is 11.6. The van der Waals surface area contributed by atoms with Crippen molar-refractivity contribution >= 4 is 5.96 Å². The highest BCUT2D eigenvalue weighted by atomic mass is 15.3. The molecule has 1 saturated heterocycles. The molecule has 3 rings (SSSR count). The summed E-state index contributed by atoms with van der Waals surface area (Å²) < 4.78 is 1.75. The van der Waals surface area contributed by atoms with Gasteiger partial charge in [0.05, 0.1) is 12.2 Å². The molecule has 1 fully saturated rings. The largest absolute Gasteiger partial charge is 0.357 e. The van der Waals surface area contributed by atoms with Crippen LogP contribution in [0.3, 0.4) is 0 Å². The van der Waals surface area contributed by atoms with Gasteiger partial charge >= 0.3 is 0 Å². The topological polar surface area (TPSA) is 58.3 Å². The van der Waals surface area contributed by atoms with Crippen molar-refractivity contribution < 1.29 is 0 Å². The number of likely N-dealkylation sites (tertiary alicyclic amines) is 1. The number of nitrogens with one attached hydrogen (secondary N) is 1. The highest BCUT2D eigenvalue weighted by Crippen LogP contribution is 2.28. The molecule has 24 heavy (non-hydrogen) atoms. The highest BCUT2D eigenvalue weighted by Gasteiger charge is 2.30. The van der Waals surface area contributed by atoms with Gasteiger partial charge in [-0.3, -0.25) is 0 Å². The van der Waals surface area contributed by atoms with Gasteiger partial charge in [0.15, 0.2) is 5.96 Å². The van der Waals surface area contributed by atoms with E-state index in [9.17, 15) is 0 Å². The van der Waals surface area contributed by atoms with Crippen LogP contribution in [0.25, 0.3) is 5.69 Å². The number of nitrogens with zero attached hydrogens (tertiary/aromatic N) is 5. The smallest absolute Gasteiger partial charge is 0.194 e. The Morgan fingerprint density at radius 1 is 1.29 bits per heavy atom. The molecular weight excluding hydrogens is 300 g/mol. The maximum atomic E-state index is 4.82. The van der Waals surface area contributed by atoms with E-state index in [0.29, 0.717) is 12.0 Å². The Balaban J connectivity index is 1.68. The zero-order valence-corrected chi connectivity index (χ0v) is 14.7. The van der Waals surface area contributed by atoms with Crippen LogP contribution in [0.2, 0.25) is 0 Å². The third-order valence-corrected chi connectivity index (χ3v) is 4.34. The zero-order valence-electron chi connectivity index (χ0n) is 14.7. The number of aromatic nitrogens is 3. The number of guanidine groups is 1. The summed E-state index contributed by atoms with van der Waals surface area (Å²) in [6.07, 6.45) is 4.45. The summed E-state index contributed by atoms with van der Waals surface area (Å²) in [6, 6.07) is 8.28. The molecule has 1 aromatic carbocycles. The van der Waals surface area contributed by atoms with Gasteiger partial charge in [-0.15, -0.1) is 0 Å². The molecule has 0 unspecified atom stereocenters. The number of rotatable bonds is 4. The van der Waals surface area contributed by atoms with Crippen molar-refractivity contribution in [3.63, 3.8) is 0 Å².